The van der Waals surface area contributed by atoms with E-state index in [0.717, 1.165) is 12.1 Å². The van der Waals surface area contributed by atoms with Crippen LogP contribution in [0.1, 0.15) is 34.7 Å². The summed E-state index contributed by atoms with van der Waals surface area (Å²) in [5.41, 5.74) is 1.44. The molecule has 35 heavy (non-hydrogen) atoms. The number of benzene rings is 3. The van der Waals surface area contributed by atoms with Crippen LogP contribution in [-0.2, 0) is 17.6 Å². The van der Waals surface area contributed by atoms with Crippen LogP contribution < -0.4 is 14.8 Å². The number of hydrogen-bond acceptors (Lipinski definition) is 4. The van der Waals surface area contributed by atoms with Crippen molar-refractivity contribution in [1.82, 2.24) is 0 Å². The van der Waals surface area contributed by atoms with Crippen LogP contribution >= 0.6 is 11.6 Å². The second kappa shape index (κ2) is 9.72. The summed E-state index contributed by atoms with van der Waals surface area (Å²) in [4.78, 5) is 12.5. The highest BCUT2D eigenvalue weighted by Crippen LogP contribution is 2.41. The maximum atomic E-state index is 13.0. The number of rotatable bonds is 6. The summed E-state index contributed by atoms with van der Waals surface area (Å²) in [7, 11) is 0. The maximum absolute atomic E-state index is 13.0. The summed E-state index contributed by atoms with van der Waals surface area (Å²) in [6.45, 7) is 2.18. The van der Waals surface area contributed by atoms with Crippen molar-refractivity contribution in [3.63, 3.8) is 0 Å². The topological polar surface area (TPSA) is 71.3 Å². The first-order valence-electron chi connectivity index (χ1n) is 10.5. The second-order valence-electron chi connectivity index (χ2n) is 7.59. The molecule has 3 aromatic carbocycles. The van der Waals surface area contributed by atoms with Gasteiger partial charge in [-0.05, 0) is 48.9 Å². The van der Waals surface area contributed by atoms with E-state index in [-0.39, 0.29) is 28.6 Å². The minimum absolute atomic E-state index is 0.0846. The number of carbonyl (C=O) groups excluding carboxylic acids is 1. The number of nitriles is 1. The Hall–Kier alpha value is -3.96. The molecule has 0 saturated heterocycles. The highest BCUT2D eigenvalue weighted by molar-refractivity contribution is 6.35. The molecule has 0 aromatic heterocycles. The number of fused-ring (bicyclic) bond motifs is 1. The van der Waals surface area contributed by atoms with Gasteiger partial charge in [0.15, 0.2) is 11.5 Å². The lowest BCUT2D eigenvalue weighted by Gasteiger charge is -2.15. The van der Waals surface area contributed by atoms with Gasteiger partial charge in [0.25, 0.3) is 5.91 Å². The number of nitrogens with zero attached hydrogens (tertiary/aromatic N) is 1. The van der Waals surface area contributed by atoms with Crippen LogP contribution in [0, 0.1) is 11.3 Å². The molecular weight excluding hydrogens is 481 g/mol. The Morgan fingerprint density at radius 1 is 1.11 bits per heavy atom. The van der Waals surface area contributed by atoms with Crippen molar-refractivity contribution in [1.29, 1.82) is 5.26 Å². The van der Waals surface area contributed by atoms with Gasteiger partial charge >= 0.3 is 6.18 Å². The van der Waals surface area contributed by atoms with Crippen LogP contribution in [-0.4, -0.2) is 12.5 Å². The molecule has 0 aliphatic carbocycles. The van der Waals surface area contributed by atoms with E-state index in [1.807, 2.05) is 0 Å². The highest BCUT2D eigenvalue weighted by atomic mass is 35.5. The van der Waals surface area contributed by atoms with Gasteiger partial charge in [-0.15, -0.1) is 0 Å². The van der Waals surface area contributed by atoms with Crippen LogP contribution in [0.3, 0.4) is 0 Å². The molecule has 9 heteroatoms. The van der Waals surface area contributed by atoms with Crippen molar-refractivity contribution in [2.45, 2.75) is 19.7 Å². The summed E-state index contributed by atoms with van der Waals surface area (Å²) < 4.78 is 50.7. The molecule has 1 heterocycles. The summed E-state index contributed by atoms with van der Waals surface area (Å²) in [6, 6.07) is 15.4. The van der Waals surface area contributed by atoms with E-state index in [1.165, 1.54) is 12.1 Å². The number of amides is 1. The fraction of sp³-hybridized carbons (Fsp3) is 0.154. The van der Waals surface area contributed by atoms with Crippen LogP contribution in [0.15, 0.2) is 54.6 Å². The van der Waals surface area contributed by atoms with Crippen LogP contribution in [0.5, 0.6) is 11.5 Å². The zero-order valence-electron chi connectivity index (χ0n) is 18.4. The van der Waals surface area contributed by atoms with Gasteiger partial charge in [-0.25, -0.2) is 0 Å². The predicted octanol–water partition coefficient (Wildman–Crippen LogP) is 6.70. The highest BCUT2D eigenvalue weighted by Gasteiger charge is 2.33. The third-order valence-corrected chi connectivity index (χ3v) is 5.56. The molecule has 0 atom stereocenters. The van der Waals surface area contributed by atoms with Crippen molar-refractivity contribution in [3.05, 3.63) is 87.4 Å². The number of ether oxygens (including phenoxy) is 2. The average molecular weight is 499 g/mol. The normalized spacial score (nSPS) is 13.8. The van der Waals surface area contributed by atoms with Crippen molar-refractivity contribution in [2.24, 2.45) is 0 Å². The Bertz CT molecular complexity index is 1380. The summed E-state index contributed by atoms with van der Waals surface area (Å²) in [5, 5.41) is 12.0. The molecule has 0 radical (unpaired) electrons. The molecule has 1 amide bonds. The zero-order chi connectivity index (χ0) is 25.2. The van der Waals surface area contributed by atoms with Gasteiger partial charge in [0.1, 0.15) is 6.61 Å². The van der Waals surface area contributed by atoms with E-state index in [9.17, 15) is 23.2 Å². The fourth-order valence-electron chi connectivity index (χ4n) is 3.66. The average Bonchev–Trinajstić information content (AvgIpc) is 3.12. The zero-order valence-corrected chi connectivity index (χ0v) is 19.1. The molecule has 178 valence electrons. The standard InChI is InChI=1S/C26H18ClF3N2O3/c1-2-34-23-11-15(10-21(27)24(23)35-14-17-6-4-3-5-16(17)13-31)9-20-19-8-7-18(26(28,29)30)12-22(19)32-25(20)33/h3-12H,2,14H2,1H3,(H,32,33)/b20-9-. The number of alkyl halides is 3. The van der Waals surface area contributed by atoms with Crippen LogP contribution in [0.4, 0.5) is 18.9 Å². The first-order chi connectivity index (χ1) is 16.7. The van der Waals surface area contributed by atoms with Gasteiger partial charge < -0.3 is 14.8 Å². The summed E-state index contributed by atoms with van der Waals surface area (Å²) in [6.07, 6.45) is -2.99. The smallest absolute Gasteiger partial charge is 0.416 e. The third-order valence-electron chi connectivity index (χ3n) is 5.28. The largest absolute Gasteiger partial charge is 0.490 e. The number of anilines is 1. The molecule has 0 bridgehead atoms. The number of carbonyl (C=O) groups is 1. The van der Waals surface area contributed by atoms with E-state index in [4.69, 9.17) is 21.1 Å². The first-order valence-corrected chi connectivity index (χ1v) is 10.9. The monoisotopic (exact) mass is 498 g/mol. The molecule has 0 saturated carbocycles. The van der Waals surface area contributed by atoms with Gasteiger partial charge in [-0.3, -0.25) is 4.79 Å². The van der Waals surface area contributed by atoms with Crippen LogP contribution in [0.25, 0.3) is 11.6 Å². The molecule has 1 aliphatic heterocycles. The molecule has 1 aliphatic rings. The number of nitrogens with one attached hydrogen (secondary N) is 1. The van der Waals surface area contributed by atoms with Crippen molar-refractivity contribution in [2.75, 3.05) is 11.9 Å². The lowest BCUT2D eigenvalue weighted by atomic mass is 10.0. The van der Waals surface area contributed by atoms with E-state index >= 15 is 0 Å². The Morgan fingerprint density at radius 2 is 1.89 bits per heavy atom. The Labute approximate surface area is 204 Å². The van der Waals surface area contributed by atoms with E-state index in [2.05, 4.69) is 11.4 Å². The molecule has 5 nitrogen and oxygen atoms in total. The first kappa shape index (κ1) is 24.2. The minimum Gasteiger partial charge on any atom is -0.490 e. The van der Waals surface area contributed by atoms with E-state index in [0.29, 0.717) is 34.6 Å². The lowest BCUT2D eigenvalue weighted by molar-refractivity contribution is -0.137. The van der Waals surface area contributed by atoms with Crippen molar-refractivity contribution in [3.8, 4) is 17.6 Å². The maximum Gasteiger partial charge on any atom is 0.416 e. The third kappa shape index (κ3) is 5.10. The van der Waals surface area contributed by atoms with E-state index < -0.39 is 17.6 Å². The molecule has 1 N–H and O–H groups in total. The van der Waals surface area contributed by atoms with Crippen LogP contribution in [0.2, 0.25) is 5.02 Å². The minimum atomic E-state index is -4.52. The number of halogens is 4. The Kier molecular flexibility index (Phi) is 6.72. The Balaban J connectivity index is 1.67. The molecule has 0 fully saturated rings. The predicted molar refractivity (Wildman–Crippen MR) is 126 cm³/mol. The molecular formula is C26H18ClF3N2O3. The van der Waals surface area contributed by atoms with Gasteiger partial charge in [-0.1, -0.05) is 35.9 Å². The summed E-state index contributed by atoms with van der Waals surface area (Å²) >= 11 is 6.48. The number of hydrogen-bond donors (Lipinski definition) is 1. The SMILES string of the molecule is CCOc1cc(/C=C2\C(=O)Nc3cc(C(F)(F)F)ccc32)cc(Cl)c1OCc1ccccc1C#N. The van der Waals surface area contributed by atoms with Crippen molar-refractivity contribution < 1.29 is 27.4 Å². The summed E-state index contributed by atoms with van der Waals surface area (Å²) in [5.74, 6) is 0.0729. The second-order valence-corrected chi connectivity index (χ2v) is 8.00. The lowest BCUT2D eigenvalue weighted by Crippen LogP contribution is -2.06. The quantitative estimate of drug-likeness (QED) is 0.384. The molecule has 3 aromatic rings. The molecule has 0 spiro atoms. The fourth-order valence-corrected chi connectivity index (χ4v) is 3.93. The van der Waals surface area contributed by atoms with Crippen molar-refractivity contribution >= 4 is 34.8 Å². The Morgan fingerprint density at radius 3 is 2.60 bits per heavy atom. The van der Waals surface area contributed by atoms with Gasteiger partial charge in [0.2, 0.25) is 0 Å². The van der Waals surface area contributed by atoms with E-state index in [1.54, 1.807) is 43.3 Å². The van der Waals surface area contributed by atoms with Gasteiger partial charge in [-0.2, -0.15) is 18.4 Å². The molecule has 4 rings (SSSR count). The van der Waals surface area contributed by atoms with Gasteiger partial charge in [0.05, 0.1) is 28.8 Å². The van der Waals surface area contributed by atoms with Gasteiger partial charge in [0, 0.05) is 22.4 Å². The molecule has 0 unspecified atom stereocenters.